The molecule has 1 N–H and O–H groups in total. The second kappa shape index (κ2) is 15.8. The summed E-state index contributed by atoms with van der Waals surface area (Å²) in [6, 6.07) is 27.7. The van der Waals surface area contributed by atoms with Gasteiger partial charge in [0.05, 0.1) is 27.2 Å². The van der Waals surface area contributed by atoms with E-state index in [1.54, 1.807) is 67.6 Å². The second-order valence-corrected chi connectivity index (χ2v) is 12.8. The van der Waals surface area contributed by atoms with Crippen molar-refractivity contribution < 1.29 is 22.7 Å². The average molecular weight is 669 g/mol. The summed E-state index contributed by atoms with van der Waals surface area (Å²) in [6.45, 7) is 3.84. The Kier molecular flexibility index (Phi) is 11.9. The van der Waals surface area contributed by atoms with Crippen molar-refractivity contribution in [2.24, 2.45) is 0 Å². The molecule has 0 bridgehead atoms. The summed E-state index contributed by atoms with van der Waals surface area (Å²) >= 11 is 12.5. The van der Waals surface area contributed by atoms with Crippen molar-refractivity contribution in [3.8, 4) is 5.75 Å². The number of amides is 2. The van der Waals surface area contributed by atoms with Crippen LogP contribution in [-0.2, 0) is 32.6 Å². The lowest BCUT2D eigenvalue weighted by molar-refractivity contribution is -0.140. The smallest absolute Gasteiger partial charge is 0.264 e. The van der Waals surface area contributed by atoms with E-state index in [4.69, 9.17) is 27.9 Å². The molecule has 4 aromatic rings. The van der Waals surface area contributed by atoms with Crippen molar-refractivity contribution in [1.82, 2.24) is 10.2 Å². The fourth-order valence-corrected chi connectivity index (χ4v) is 6.56. The Hall–Kier alpha value is -4.05. The highest BCUT2D eigenvalue weighted by molar-refractivity contribution is 7.92. The van der Waals surface area contributed by atoms with Crippen LogP contribution in [0.1, 0.15) is 25.0 Å². The van der Waals surface area contributed by atoms with E-state index in [2.05, 4.69) is 5.32 Å². The molecule has 4 aromatic carbocycles. The molecule has 11 heteroatoms. The van der Waals surface area contributed by atoms with Crippen molar-refractivity contribution >= 4 is 50.7 Å². The van der Waals surface area contributed by atoms with E-state index >= 15 is 0 Å². The molecule has 0 saturated heterocycles. The Balaban J connectivity index is 1.80. The number of nitrogens with one attached hydrogen (secondary N) is 1. The van der Waals surface area contributed by atoms with Crippen molar-refractivity contribution in [2.45, 2.75) is 37.8 Å². The molecule has 0 aliphatic rings. The molecule has 0 aliphatic heterocycles. The van der Waals surface area contributed by atoms with Crippen LogP contribution in [0, 0.1) is 0 Å². The first-order chi connectivity index (χ1) is 21.6. The largest absolute Gasteiger partial charge is 0.494 e. The van der Waals surface area contributed by atoms with Crippen LogP contribution in [0.4, 0.5) is 5.69 Å². The number of sulfonamides is 1. The zero-order chi connectivity index (χ0) is 32.4. The van der Waals surface area contributed by atoms with Gasteiger partial charge in [-0.3, -0.25) is 13.9 Å². The van der Waals surface area contributed by atoms with E-state index in [0.717, 1.165) is 9.87 Å². The number of benzene rings is 4. The monoisotopic (exact) mass is 667 g/mol. The van der Waals surface area contributed by atoms with Crippen LogP contribution in [0.5, 0.6) is 5.75 Å². The number of carbonyl (C=O) groups excluding carboxylic acids is 2. The fourth-order valence-electron chi connectivity index (χ4n) is 4.80. The number of rotatable bonds is 14. The van der Waals surface area contributed by atoms with Crippen molar-refractivity contribution in [3.05, 3.63) is 124 Å². The Bertz CT molecular complexity index is 1690. The van der Waals surface area contributed by atoms with Crippen LogP contribution in [0.3, 0.4) is 0 Å². The minimum Gasteiger partial charge on any atom is -0.494 e. The Labute approximate surface area is 274 Å². The maximum atomic E-state index is 14.4. The molecule has 236 valence electrons. The Morgan fingerprint density at radius 2 is 1.47 bits per heavy atom. The third kappa shape index (κ3) is 8.78. The number of likely N-dealkylation sites (N-methyl/N-ethyl adjacent to an activating group) is 1. The summed E-state index contributed by atoms with van der Waals surface area (Å²) < 4.78 is 34.7. The predicted octanol–water partition coefficient (Wildman–Crippen LogP) is 6.36. The first kappa shape index (κ1) is 33.8. The van der Waals surface area contributed by atoms with Gasteiger partial charge in [0.25, 0.3) is 10.0 Å². The number of ether oxygens (including phenoxy) is 1. The summed E-state index contributed by atoms with van der Waals surface area (Å²) in [4.78, 5) is 29.4. The van der Waals surface area contributed by atoms with Gasteiger partial charge in [0, 0.05) is 19.5 Å². The topological polar surface area (TPSA) is 96.0 Å². The molecule has 0 radical (unpaired) electrons. The molecule has 0 aliphatic carbocycles. The van der Waals surface area contributed by atoms with Gasteiger partial charge in [-0.05, 0) is 73.5 Å². The summed E-state index contributed by atoms with van der Waals surface area (Å²) in [7, 11) is -4.20. The van der Waals surface area contributed by atoms with Gasteiger partial charge >= 0.3 is 0 Å². The summed E-state index contributed by atoms with van der Waals surface area (Å²) in [5.41, 5.74) is 1.72. The Morgan fingerprint density at radius 1 is 0.822 bits per heavy atom. The van der Waals surface area contributed by atoms with E-state index in [1.807, 2.05) is 37.3 Å². The minimum absolute atomic E-state index is 0.0206. The quantitative estimate of drug-likeness (QED) is 0.169. The van der Waals surface area contributed by atoms with Gasteiger partial charge in [-0.25, -0.2) is 8.42 Å². The molecule has 0 saturated carbocycles. The molecule has 0 heterocycles. The van der Waals surface area contributed by atoms with Crippen LogP contribution in [0.2, 0.25) is 10.0 Å². The van der Waals surface area contributed by atoms with Crippen molar-refractivity contribution in [3.63, 3.8) is 0 Å². The van der Waals surface area contributed by atoms with E-state index in [0.29, 0.717) is 34.5 Å². The second-order valence-electron chi connectivity index (χ2n) is 10.1. The molecule has 45 heavy (non-hydrogen) atoms. The molecular formula is C34H35Cl2N3O5S. The average Bonchev–Trinajstić information content (AvgIpc) is 3.04. The molecule has 8 nitrogen and oxygen atoms in total. The first-order valence-corrected chi connectivity index (χ1v) is 16.7. The van der Waals surface area contributed by atoms with Crippen LogP contribution in [0.25, 0.3) is 0 Å². The van der Waals surface area contributed by atoms with Crippen LogP contribution in [0.15, 0.2) is 108 Å². The highest BCUT2D eigenvalue weighted by atomic mass is 35.5. The Morgan fingerprint density at radius 3 is 2.07 bits per heavy atom. The molecular weight excluding hydrogens is 633 g/mol. The predicted molar refractivity (Wildman–Crippen MR) is 178 cm³/mol. The zero-order valence-electron chi connectivity index (χ0n) is 25.0. The molecule has 2 amide bonds. The van der Waals surface area contributed by atoms with Gasteiger partial charge in [-0.2, -0.15) is 0 Å². The normalized spacial score (nSPS) is 11.8. The van der Waals surface area contributed by atoms with Crippen LogP contribution >= 0.6 is 23.2 Å². The lowest BCUT2D eigenvalue weighted by atomic mass is 10.0. The van der Waals surface area contributed by atoms with Crippen LogP contribution < -0.4 is 14.4 Å². The van der Waals surface area contributed by atoms with Gasteiger partial charge in [0.15, 0.2) is 0 Å². The SMILES string of the molecule is CCNC(=O)C(Cc1ccccc1)N(Cc1ccc(Cl)c(Cl)c1)C(=O)CN(c1ccc(OCC)cc1)S(=O)(=O)c1ccccc1. The highest BCUT2D eigenvalue weighted by Crippen LogP contribution is 2.28. The summed E-state index contributed by atoms with van der Waals surface area (Å²) in [6.07, 6.45) is 0.203. The number of anilines is 1. The molecule has 0 spiro atoms. The lowest BCUT2D eigenvalue weighted by Crippen LogP contribution is -2.53. The first-order valence-electron chi connectivity index (χ1n) is 14.5. The number of carbonyl (C=O) groups is 2. The molecule has 0 fully saturated rings. The van der Waals surface area contributed by atoms with Gasteiger partial charge in [0.2, 0.25) is 11.8 Å². The number of hydrogen-bond donors (Lipinski definition) is 1. The van der Waals surface area contributed by atoms with E-state index in [9.17, 15) is 18.0 Å². The molecule has 4 rings (SSSR count). The molecule has 0 aromatic heterocycles. The number of hydrogen-bond acceptors (Lipinski definition) is 5. The molecule has 1 atom stereocenters. The zero-order valence-corrected chi connectivity index (χ0v) is 27.4. The van der Waals surface area contributed by atoms with Gasteiger partial charge in [0.1, 0.15) is 18.3 Å². The van der Waals surface area contributed by atoms with Crippen molar-refractivity contribution in [2.75, 3.05) is 24.0 Å². The molecule has 1 unspecified atom stereocenters. The van der Waals surface area contributed by atoms with Gasteiger partial charge < -0.3 is 15.0 Å². The lowest BCUT2D eigenvalue weighted by Gasteiger charge is -2.34. The van der Waals surface area contributed by atoms with Gasteiger partial charge in [-0.1, -0.05) is 77.8 Å². The van der Waals surface area contributed by atoms with E-state index < -0.39 is 28.5 Å². The maximum absolute atomic E-state index is 14.4. The third-order valence-electron chi connectivity index (χ3n) is 7.00. The summed E-state index contributed by atoms with van der Waals surface area (Å²) in [5.74, 6) is -0.389. The number of halogens is 2. The number of nitrogens with zero attached hydrogens (tertiary/aromatic N) is 2. The maximum Gasteiger partial charge on any atom is 0.264 e. The third-order valence-corrected chi connectivity index (χ3v) is 9.53. The fraction of sp³-hybridized carbons (Fsp3) is 0.235. The van der Waals surface area contributed by atoms with Crippen molar-refractivity contribution in [1.29, 1.82) is 0 Å². The summed E-state index contributed by atoms with van der Waals surface area (Å²) in [5, 5.41) is 3.48. The minimum atomic E-state index is -4.20. The van der Waals surface area contributed by atoms with E-state index in [1.165, 1.54) is 17.0 Å². The standard InChI is InChI=1S/C34H35Cl2N3O5S/c1-3-37-34(41)32(22-25-11-7-5-8-12-25)38(23-26-15-20-30(35)31(36)21-26)33(40)24-39(27-16-18-28(19-17-27)44-4-2)45(42,43)29-13-9-6-10-14-29/h5-21,32H,3-4,22-24H2,1-2H3,(H,37,41). The van der Waals surface area contributed by atoms with Crippen LogP contribution in [-0.4, -0.2) is 50.9 Å². The highest BCUT2D eigenvalue weighted by Gasteiger charge is 2.34. The van der Waals surface area contributed by atoms with E-state index in [-0.39, 0.29) is 29.5 Å². The van der Waals surface area contributed by atoms with Gasteiger partial charge in [-0.15, -0.1) is 0 Å².